The summed E-state index contributed by atoms with van der Waals surface area (Å²) < 4.78 is 42.4. The van der Waals surface area contributed by atoms with Crippen LogP contribution in [-0.2, 0) is 20.3 Å². The number of carbonyl (C=O) groups excluding carboxylic acids is 1. The Balaban J connectivity index is 2.18. The van der Waals surface area contributed by atoms with Crippen molar-refractivity contribution in [3.8, 4) is 16.9 Å². The first kappa shape index (κ1) is 22.6. The Hall–Kier alpha value is -3.10. The van der Waals surface area contributed by atoms with Gasteiger partial charge >= 0.3 is 5.97 Å². The Morgan fingerprint density at radius 1 is 1.06 bits per heavy atom. The van der Waals surface area contributed by atoms with Gasteiger partial charge in [-0.1, -0.05) is 30.3 Å². The number of sulfone groups is 1. The van der Waals surface area contributed by atoms with Crippen molar-refractivity contribution < 1.29 is 27.1 Å². The van der Waals surface area contributed by atoms with E-state index >= 15 is 0 Å². The van der Waals surface area contributed by atoms with E-state index in [2.05, 4.69) is 0 Å². The molecule has 0 spiro atoms. The van der Waals surface area contributed by atoms with Crippen LogP contribution in [0.1, 0.15) is 36.7 Å². The summed E-state index contributed by atoms with van der Waals surface area (Å²) >= 11 is 0. The highest BCUT2D eigenvalue weighted by atomic mass is 32.2. The molecule has 31 heavy (non-hydrogen) atoms. The van der Waals surface area contributed by atoms with Gasteiger partial charge in [0.1, 0.15) is 23.6 Å². The molecule has 2 N–H and O–H groups in total. The maximum Gasteiger partial charge on any atom is 0.342 e. The average Bonchev–Trinajstić information content (AvgIpc) is 3.22. The number of hydrogen-bond acceptors (Lipinski definition) is 7. The maximum atomic E-state index is 13.2. The number of nitrogens with two attached hydrogens (primary N) is 1. The van der Waals surface area contributed by atoms with Crippen molar-refractivity contribution in [2.45, 2.75) is 37.0 Å². The third-order valence-corrected chi connectivity index (χ3v) is 6.04. The Labute approximate surface area is 181 Å². The first-order chi connectivity index (χ1) is 14.6. The van der Waals surface area contributed by atoms with Gasteiger partial charge in [-0.15, -0.1) is 0 Å². The lowest BCUT2D eigenvalue weighted by Gasteiger charge is -2.23. The van der Waals surface area contributed by atoms with Gasteiger partial charge in [0.2, 0.25) is 0 Å². The summed E-state index contributed by atoms with van der Waals surface area (Å²) in [6.45, 7) is 4.98. The predicted octanol–water partition coefficient (Wildman–Crippen LogP) is 4.17. The fraction of sp³-hybridized carbons (Fsp3) is 0.261. The van der Waals surface area contributed by atoms with Crippen molar-refractivity contribution >= 4 is 15.8 Å². The summed E-state index contributed by atoms with van der Waals surface area (Å²) in [5, 5.41) is 0. The Bertz CT molecular complexity index is 1150. The number of carbonyl (C=O) groups is 1. The van der Waals surface area contributed by atoms with Crippen LogP contribution >= 0.6 is 0 Å². The third-order valence-electron chi connectivity index (χ3n) is 4.35. The SMILES string of the molecule is CC(C)(C)OC(=O)c1c(CS(=O)(=O)c2ccccc2)ccc(-c2ccoc2)c1OCN. The van der Waals surface area contributed by atoms with Crippen LogP contribution in [0, 0.1) is 0 Å². The van der Waals surface area contributed by atoms with Crippen LogP contribution in [0.3, 0.4) is 0 Å². The molecule has 0 saturated heterocycles. The lowest BCUT2D eigenvalue weighted by molar-refractivity contribution is 0.00651. The molecule has 0 amide bonds. The highest BCUT2D eigenvalue weighted by Crippen LogP contribution is 2.37. The largest absolute Gasteiger partial charge is 0.477 e. The monoisotopic (exact) mass is 443 g/mol. The van der Waals surface area contributed by atoms with E-state index in [9.17, 15) is 13.2 Å². The van der Waals surface area contributed by atoms with E-state index in [4.69, 9.17) is 19.6 Å². The molecular weight excluding hydrogens is 418 g/mol. The fourth-order valence-corrected chi connectivity index (χ4v) is 4.48. The molecule has 0 aliphatic heterocycles. The minimum absolute atomic E-state index is 0.0265. The number of benzene rings is 2. The summed E-state index contributed by atoms with van der Waals surface area (Å²) in [5.41, 5.74) is 6.32. The lowest BCUT2D eigenvalue weighted by Crippen LogP contribution is -2.26. The molecule has 0 aliphatic carbocycles. The Morgan fingerprint density at radius 3 is 2.35 bits per heavy atom. The molecule has 0 atom stereocenters. The maximum absolute atomic E-state index is 13.2. The number of ether oxygens (including phenoxy) is 2. The van der Waals surface area contributed by atoms with E-state index < -0.39 is 27.2 Å². The van der Waals surface area contributed by atoms with Crippen LogP contribution in [-0.4, -0.2) is 26.7 Å². The zero-order valence-electron chi connectivity index (χ0n) is 17.6. The van der Waals surface area contributed by atoms with Gasteiger partial charge in [0.05, 0.1) is 23.2 Å². The van der Waals surface area contributed by atoms with Crippen LogP contribution < -0.4 is 10.5 Å². The number of rotatable bonds is 7. The molecule has 7 nitrogen and oxygen atoms in total. The summed E-state index contributed by atoms with van der Waals surface area (Å²) in [6.07, 6.45) is 2.99. The first-order valence-electron chi connectivity index (χ1n) is 9.65. The van der Waals surface area contributed by atoms with Gasteiger partial charge in [0, 0.05) is 11.1 Å². The number of hydrogen-bond donors (Lipinski definition) is 1. The minimum Gasteiger partial charge on any atom is -0.477 e. The molecule has 0 bridgehead atoms. The van der Waals surface area contributed by atoms with Crippen molar-refractivity contribution in [3.05, 3.63) is 72.2 Å². The van der Waals surface area contributed by atoms with E-state index in [1.807, 2.05) is 0 Å². The molecule has 0 aliphatic rings. The summed E-state index contributed by atoms with van der Waals surface area (Å²) in [7, 11) is -3.72. The molecule has 0 fully saturated rings. The second kappa shape index (κ2) is 8.95. The highest BCUT2D eigenvalue weighted by Gasteiger charge is 2.29. The first-order valence-corrected chi connectivity index (χ1v) is 11.3. The van der Waals surface area contributed by atoms with Gasteiger partial charge in [-0.3, -0.25) is 5.73 Å². The zero-order chi connectivity index (χ0) is 22.6. The number of furan rings is 1. The topological polar surface area (TPSA) is 109 Å². The van der Waals surface area contributed by atoms with Crippen LogP contribution in [0.25, 0.3) is 11.1 Å². The van der Waals surface area contributed by atoms with E-state index in [0.29, 0.717) is 11.1 Å². The molecule has 3 rings (SSSR count). The zero-order valence-corrected chi connectivity index (χ0v) is 18.4. The van der Waals surface area contributed by atoms with Crippen LogP contribution in [0.15, 0.2) is 70.4 Å². The van der Waals surface area contributed by atoms with E-state index in [1.54, 1.807) is 57.2 Å². The molecule has 2 aromatic carbocycles. The Morgan fingerprint density at radius 2 is 1.77 bits per heavy atom. The van der Waals surface area contributed by atoms with Crippen molar-refractivity contribution in [1.82, 2.24) is 0 Å². The molecule has 0 saturated carbocycles. The summed E-state index contributed by atoms with van der Waals surface area (Å²) in [5.74, 6) is -0.948. The van der Waals surface area contributed by atoms with Gasteiger partial charge in [-0.25, -0.2) is 13.2 Å². The van der Waals surface area contributed by atoms with E-state index in [0.717, 1.165) is 0 Å². The smallest absolute Gasteiger partial charge is 0.342 e. The van der Waals surface area contributed by atoms with E-state index in [-0.39, 0.29) is 28.5 Å². The van der Waals surface area contributed by atoms with Crippen LogP contribution in [0.5, 0.6) is 5.75 Å². The third kappa shape index (κ3) is 5.34. The summed E-state index contributed by atoms with van der Waals surface area (Å²) in [6, 6.07) is 13.0. The molecule has 1 aromatic heterocycles. The molecule has 1 heterocycles. The van der Waals surface area contributed by atoms with Crippen molar-refractivity contribution in [2.24, 2.45) is 5.73 Å². The van der Waals surface area contributed by atoms with Gasteiger partial charge in [0.25, 0.3) is 0 Å². The van der Waals surface area contributed by atoms with E-state index in [1.165, 1.54) is 24.7 Å². The Kier molecular flexibility index (Phi) is 6.52. The second-order valence-corrected chi connectivity index (χ2v) is 9.86. The molecule has 8 heteroatoms. The quantitative estimate of drug-likeness (QED) is 0.431. The molecule has 0 radical (unpaired) electrons. The minimum atomic E-state index is -3.72. The lowest BCUT2D eigenvalue weighted by atomic mass is 9.99. The van der Waals surface area contributed by atoms with Crippen LogP contribution in [0.2, 0.25) is 0 Å². The standard InChI is InChI=1S/C23H25NO6S/c1-23(2,3)30-22(25)20-17(14-31(26,27)18-7-5-4-6-8-18)9-10-19(21(20)29-15-24)16-11-12-28-13-16/h4-13H,14-15,24H2,1-3H3. The molecular formula is C23H25NO6S. The predicted molar refractivity (Wildman–Crippen MR) is 116 cm³/mol. The van der Waals surface area contributed by atoms with Gasteiger partial charge < -0.3 is 13.9 Å². The normalized spacial score (nSPS) is 11.9. The van der Waals surface area contributed by atoms with Crippen LogP contribution in [0.4, 0.5) is 0 Å². The van der Waals surface area contributed by atoms with Crippen molar-refractivity contribution in [1.29, 1.82) is 0 Å². The van der Waals surface area contributed by atoms with Gasteiger partial charge in [-0.05, 0) is 44.5 Å². The highest BCUT2D eigenvalue weighted by molar-refractivity contribution is 7.90. The number of esters is 1. The molecule has 0 unspecified atom stereocenters. The van der Waals surface area contributed by atoms with Crippen molar-refractivity contribution in [3.63, 3.8) is 0 Å². The van der Waals surface area contributed by atoms with Gasteiger partial charge in [0.15, 0.2) is 9.84 Å². The van der Waals surface area contributed by atoms with Gasteiger partial charge in [-0.2, -0.15) is 0 Å². The second-order valence-electron chi connectivity index (χ2n) is 7.87. The van der Waals surface area contributed by atoms with Crippen molar-refractivity contribution in [2.75, 3.05) is 6.73 Å². The fourth-order valence-electron chi connectivity index (χ4n) is 3.09. The summed E-state index contributed by atoms with van der Waals surface area (Å²) in [4.78, 5) is 13.3. The average molecular weight is 444 g/mol. The molecule has 164 valence electrons. The molecule has 3 aromatic rings.